The van der Waals surface area contributed by atoms with E-state index in [0.717, 1.165) is 119 Å². The predicted molar refractivity (Wildman–Crippen MR) is 375 cm³/mol. The highest BCUT2D eigenvalue weighted by Gasteiger charge is 2.16. The third kappa shape index (κ3) is 13.4. The summed E-state index contributed by atoms with van der Waals surface area (Å²) in [5, 5.41) is 5.47. The van der Waals surface area contributed by atoms with E-state index in [1.807, 2.05) is 218 Å². The van der Waals surface area contributed by atoms with Gasteiger partial charge in [-0.15, -0.1) is 0 Å². The molecule has 0 saturated carbocycles. The van der Waals surface area contributed by atoms with Crippen LogP contribution in [0.1, 0.15) is 0 Å². The summed E-state index contributed by atoms with van der Waals surface area (Å²) in [6.45, 7) is 0. The lowest BCUT2D eigenvalue weighted by Gasteiger charge is -2.09. The van der Waals surface area contributed by atoms with Crippen LogP contribution < -0.4 is 0 Å². The zero-order valence-corrected chi connectivity index (χ0v) is 53.1. The zero-order chi connectivity index (χ0) is 61.2. The molecule has 430 valence electrons. The first-order chi connectivity index (χ1) is 44.3. The van der Waals surface area contributed by atoms with E-state index >= 15 is 0 Å². The van der Waals surface area contributed by atoms with Gasteiger partial charge in [0.2, 0.25) is 0 Å². The van der Waals surface area contributed by atoms with Crippen molar-refractivity contribution in [3.8, 4) is 79.3 Å². The van der Waals surface area contributed by atoms with Gasteiger partial charge < -0.3 is 0 Å². The van der Waals surface area contributed by atoms with Crippen molar-refractivity contribution in [1.82, 2.24) is 54.8 Å². The molecule has 7 heterocycles. The number of aromatic nitrogens is 11. The van der Waals surface area contributed by atoms with E-state index in [1.165, 1.54) is 0 Å². The van der Waals surface area contributed by atoms with Crippen LogP contribution in [0.15, 0.2) is 299 Å². The average Bonchev–Trinajstić information content (AvgIpc) is 3.16. The minimum absolute atomic E-state index is 0.427. The third-order valence-electron chi connectivity index (χ3n) is 14.4. The van der Waals surface area contributed by atoms with Crippen molar-refractivity contribution < 1.29 is 0 Å². The molecule has 0 radical (unpaired) electrons. The monoisotopic (exact) mass is 1370 g/mol. The normalized spacial score (nSPS) is 10.9. The number of pyridine rings is 3. The first-order valence-electron chi connectivity index (χ1n) is 28.5. The molecule has 0 unspecified atom stereocenters. The van der Waals surface area contributed by atoms with Gasteiger partial charge in [-0.2, -0.15) is 0 Å². The standard InChI is InChI=1S/C20H13BrN2.2C19H12BrN3.C17H10ClN3/c21-16-12-10-15(11-13-16)20-22-18-9-5-4-8-17(18)19(23-20)14-6-2-1-3-7-14;20-15-10-8-14(9-11-15)19-22-16-7-4-12-21-18(16)17(23-19)13-5-2-1-3-6-13;20-15-10-8-14(9-11-15)18-22-17(13-5-2-1-3-6-13)16-7-4-12-21-19(16)23-18;18-15-14-9-4-10-19-16(14)21-17(20-15)13-8-3-6-11-5-1-2-7-12(11)13/h1-13H;2*1-12H;1-10H. The number of hydrogen-bond acceptors (Lipinski definition) is 11. The smallest absolute Gasteiger partial charge is 0.164 e. The Morgan fingerprint density at radius 1 is 0.256 bits per heavy atom. The number of hydrogen-bond donors (Lipinski definition) is 0. The average molecular weight is 1380 g/mol. The lowest BCUT2D eigenvalue weighted by molar-refractivity contribution is 1.19. The molecule has 15 heteroatoms. The van der Waals surface area contributed by atoms with E-state index in [0.29, 0.717) is 33.9 Å². The zero-order valence-electron chi connectivity index (χ0n) is 47.6. The van der Waals surface area contributed by atoms with Gasteiger partial charge in [0.15, 0.2) is 34.6 Å². The minimum atomic E-state index is 0.427. The van der Waals surface area contributed by atoms with Crippen molar-refractivity contribution >= 4 is 114 Å². The summed E-state index contributed by atoms with van der Waals surface area (Å²) >= 11 is 16.7. The fourth-order valence-corrected chi connectivity index (χ4v) is 11.1. The van der Waals surface area contributed by atoms with Crippen LogP contribution in [0.2, 0.25) is 5.15 Å². The topological polar surface area (TPSA) is 142 Å². The van der Waals surface area contributed by atoms with E-state index in [9.17, 15) is 0 Å². The van der Waals surface area contributed by atoms with E-state index in [4.69, 9.17) is 31.5 Å². The van der Waals surface area contributed by atoms with Gasteiger partial charge in [-0.05, 0) is 89.6 Å². The molecule has 0 fully saturated rings. The van der Waals surface area contributed by atoms with Crippen molar-refractivity contribution in [2.75, 3.05) is 0 Å². The lowest BCUT2D eigenvalue weighted by Crippen LogP contribution is -1.96. The fourth-order valence-electron chi connectivity index (χ4n) is 10.1. The molecule has 0 amide bonds. The molecule has 0 aliphatic heterocycles. The van der Waals surface area contributed by atoms with E-state index < -0.39 is 0 Å². The summed E-state index contributed by atoms with van der Waals surface area (Å²) in [7, 11) is 0. The van der Waals surface area contributed by atoms with Crippen LogP contribution in [0, 0.1) is 0 Å². The largest absolute Gasteiger partial charge is 0.252 e. The summed E-state index contributed by atoms with van der Waals surface area (Å²) in [5.41, 5.74) is 13.8. The highest BCUT2D eigenvalue weighted by Crippen LogP contribution is 2.34. The Hall–Kier alpha value is -10.2. The molecule has 0 spiro atoms. The van der Waals surface area contributed by atoms with Gasteiger partial charge in [-0.25, -0.2) is 49.8 Å². The van der Waals surface area contributed by atoms with Crippen molar-refractivity contribution in [1.29, 1.82) is 0 Å². The fraction of sp³-hybridized carbons (Fsp3) is 0. The molecule has 0 saturated heterocycles. The maximum atomic E-state index is 6.27. The first-order valence-corrected chi connectivity index (χ1v) is 31.2. The third-order valence-corrected chi connectivity index (χ3v) is 16.3. The maximum absolute atomic E-state index is 6.27. The molecule has 0 aliphatic rings. The molecule has 0 atom stereocenters. The van der Waals surface area contributed by atoms with Crippen LogP contribution >= 0.6 is 59.4 Å². The second kappa shape index (κ2) is 27.4. The Kier molecular flexibility index (Phi) is 17.9. The summed E-state index contributed by atoms with van der Waals surface area (Å²) in [5.74, 6) is 2.73. The molecule has 16 aromatic rings. The number of rotatable bonds is 7. The van der Waals surface area contributed by atoms with Gasteiger partial charge in [0.05, 0.1) is 27.8 Å². The molecule has 11 nitrogen and oxygen atoms in total. The summed E-state index contributed by atoms with van der Waals surface area (Å²) in [6, 6.07) is 88.4. The summed E-state index contributed by atoms with van der Waals surface area (Å²) in [6.07, 6.45) is 5.24. The van der Waals surface area contributed by atoms with E-state index in [-0.39, 0.29) is 0 Å². The Morgan fingerprint density at radius 3 is 1.24 bits per heavy atom. The van der Waals surface area contributed by atoms with Crippen molar-refractivity contribution in [2.24, 2.45) is 0 Å². The quantitative estimate of drug-likeness (QED) is 0.141. The number of para-hydroxylation sites is 1. The second-order valence-corrected chi connectivity index (χ2v) is 23.4. The van der Waals surface area contributed by atoms with Crippen LogP contribution in [0.4, 0.5) is 0 Å². The lowest BCUT2D eigenvalue weighted by atomic mass is 10.0. The second-order valence-electron chi connectivity index (χ2n) is 20.3. The molecule has 9 aromatic carbocycles. The number of nitrogens with zero attached hydrogens (tertiary/aromatic N) is 11. The van der Waals surface area contributed by atoms with Gasteiger partial charge in [0, 0.05) is 81.7 Å². The molecule has 0 bridgehead atoms. The Bertz CT molecular complexity index is 4780. The summed E-state index contributed by atoms with van der Waals surface area (Å²) in [4.78, 5) is 50.6. The Labute approximate surface area is 548 Å². The number of halogens is 4. The van der Waals surface area contributed by atoms with E-state index in [1.54, 1.807) is 18.6 Å². The first kappa shape index (κ1) is 58.8. The van der Waals surface area contributed by atoms with Crippen molar-refractivity contribution in [3.63, 3.8) is 0 Å². The minimum Gasteiger partial charge on any atom is -0.252 e. The predicted octanol–water partition coefficient (Wildman–Crippen LogP) is 20.5. The van der Waals surface area contributed by atoms with Crippen molar-refractivity contribution in [2.45, 2.75) is 0 Å². The van der Waals surface area contributed by atoms with Gasteiger partial charge in [0.25, 0.3) is 0 Å². The SMILES string of the molecule is Brc1ccc(-c2nc(-c3ccccc3)c3ccccc3n2)cc1.Brc1ccc(-c2nc(-c3ccccc3)c3cccnc3n2)cc1.Brc1ccc(-c2nc(-c3ccccc3)c3ncccc3n2)cc1.Clc1nc(-c2cccc3ccccc23)nc2ncccc12. The van der Waals surface area contributed by atoms with Crippen LogP contribution in [-0.4, -0.2) is 54.8 Å². The summed E-state index contributed by atoms with van der Waals surface area (Å²) < 4.78 is 3.11. The number of benzene rings is 9. The van der Waals surface area contributed by atoms with Crippen molar-refractivity contribution in [3.05, 3.63) is 304 Å². The molecular formula is C75H47Br3ClN11. The maximum Gasteiger partial charge on any atom is 0.164 e. The van der Waals surface area contributed by atoms with Gasteiger partial charge in [0.1, 0.15) is 16.4 Å². The molecule has 7 aromatic heterocycles. The Morgan fingerprint density at radius 2 is 0.656 bits per heavy atom. The van der Waals surface area contributed by atoms with Crippen LogP contribution in [0.5, 0.6) is 0 Å². The molecule has 0 aliphatic carbocycles. The molecular weight excluding hydrogens is 1330 g/mol. The number of fused-ring (bicyclic) bond motifs is 5. The van der Waals surface area contributed by atoms with Crippen LogP contribution in [0.3, 0.4) is 0 Å². The van der Waals surface area contributed by atoms with Gasteiger partial charge in [-0.1, -0.05) is 247 Å². The highest BCUT2D eigenvalue weighted by atomic mass is 79.9. The van der Waals surface area contributed by atoms with Crippen LogP contribution in [-0.2, 0) is 0 Å². The Balaban J connectivity index is 0.000000110. The molecule has 90 heavy (non-hydrogen) atoms. The van der Waals surface area contributed by atoms with E-state index in [2.05, 4.69) is 131 Å². The van der Waals surface area contributed by atoms with Gasteiger partial charge in [-0.3, -0.25) is 4.98 Å². The highest BCUT2D eigenvalue weighted by molar-refractivity contribution is 9.11. The molecule has 0 N–H and O–H groups in total. The van der Waals surface area contributed by atoms with Crippen LogP contribution in [0.25, 0.3) is 134 Å². The van der Waals surface area contributed by atoms with Gasteiger partial charge >= 0.3 is 0 Å². The molecule has 16 rings (SSSR count).